The predicted molar refractivity (Wildman–Crippen MR) is 159 cm³/mol. The lowest BCUT2D eigenvalue weighted by atomic mass is 10.1. The summed E-state index contributed by atoms with van der Waals surface area (Å²) in [5.41, 5.74) is 2.76. The van der Waals surface area contributed by atoms with E-state index < -0.39 is 5.91 Å². The summed E-state index contributed by atoms with van der Waals surface area (Å²) in [4.78, 5) is 29.6. The van der Waals surface area contributed by atoms with Crippen molar-refractivity contribution in [3.63, 3.8) is 0 Å². The highest BCUT2D eigenvalue weighted by molar-refractivity contribution is 7.22. The minimum Gasteiger partial charge on any atom is -0.493 e. The largest absolute Gasteiger partial charge is 0.493 e. The van der Waals surface area contributed by atoms with E-state index in [0.29, 0.717) is 60.9 Å². The number of carbonyl (C=O) groups is 2. The number of fused-ring (bicyclic) bond motifs is 1. The van der Waals surface area contributed by atoms with Crippen LogP contribution in [0.1, 0.15) is 11.7 Å². The molecule has 0 saturated heterocycles. The van der Waals surface area contributed by atoms with Gasteiger partial charge in [0.2, 0.25) is 11.7 Å². The molecule has 2 heterocycles. The molecule has 0 atom stereocenters. The number of hydrogen-bond donors (Lipinski definition) is 1. The summed E-state index contributed by atoms with van der Waals surface area (Å²) in [5, 5.41) is 7.52. The molecule has 0 saturated carbocycles. The lowest BCUT2D eigenvalue weighted by Gasteiger charge is -2.13. The standard InChI is InChI=1S/C30H27FN4O7S/c1-16(36)35-22(14-21(34-35)18-11-25(39-3)29(41-5)26(12-18)40-4)17-6-9-23(38-2)24(10-17)42-15-28(37)33-30-32-20-8-7-19(31)13-27(20)43-30/h6-14H,15H2,1-5H3,(H,32,33,37). The molecule has 2 aromatic heterocycles. The molecule has 1 amide bonds. The third kappa shape index (κ3) is 6.06. The van der Waals surface area contributed by atoms with Gasteiger partial charge in [0.05, 0.1) is 50.0 Å². The fourth-order valence-electron chi connectivity index (χ4n) is 4.40. The number of halogens is 1. The molecule has 0 unspecified atom stereocenters. The quantitative estimate of drug-likeness (QED) is 0.214. The van der Waals surface area contributed by atoms with Gasteiger partial charge in [-0.15, -0.1) is 0 Å². The Bertz CT molecular complexity index is 1810. The van der Waals surface area contributed by atoms with Crippen LogP contribution in [0.2, 0.25) is 0 Å². The Balaban J connectivity index is 1.42. The fraction of sp³-hybridized carbons (Fsp3) is 0.200. The van der Waals surface area contributed by atoms with Gasteiger partial charge in [-0.2, -0.15) is 9.78 Å². The predicted octanol–water partition coefficient (Wildman–Crippen LogP) is 5.68. The molecule has 43 heavy (non-hydrogen) atoms. The third-order valence-electron chi connectivity index (χ3n) is 6.38. The highest BCUT2D eigenvalue weighted by Crippen LogP contribution is 2.42. The lowest BCUT2D eigenvalue weighted by molar-refractivity contribution is -0.118. The first-order valence-corrected chi connectivity index (χ1v) is 13.6. The zero-order valence-electron chi connectivity index (χ0n) is 23.9. The number of ether oxygens (including phenoxy) is 5. The molecule has 1 N–H and O–H groups in total. The van der Waals surface area contributed by atoms with Gasteiger partial charge in [0, 0.05) is 18.1 Å². The van der Waals surface area contributed by atoms with Crippen molar-refractivity contribution in [2.75, 3.05) is 40.4 Å². The number of benzene rings is 3. The van der Waals surface area contributed by atoms with Gasteiger partial charge < -0.3 is 23.7 Å². The second kappa shape index (κ2) is 12.4. The van der Waals surface area contributed by atoms with E-state index in [1.165, 1.54) is 52.2 Å². The second-order valence-electron chi connectivity index (χ2n) is 9.09. The van der Waals surface area contributed by atoms with Crippen molar-refractivity contribution in [1.82, 2.24) is 14.8 Å². The van der Waals surface area contributed by atoms with E-state index in [0.717, 1.165) is 11.3 Å². The molecule has 3 aromatic carbocycles. The number of rotatable bonds is 10. The molecule has 0 aliphatic rings. The van der Waals surface area contributed by atoms with Gasteiger partial charge in [0.1, 0.15) is 5.82 Å². The van der Waals surface area contributed by atoms with Crippen LogP contribution < -0.4 is 29.0 Å². The summed E-state index contributed by atoms with van der Waals surface area (Å²) in [5.74, 6) is 0.786. The van der Waals surface area contributed by atoms with Crippen molar-refractivity contribution < 1.29 is 37.7 Å². The molecule has 0 spiro atoms. The van der Waals surface area contributed by atoms with Crippen LogP contribution in [-0.4, -0.2) is 61.6 Å². The number of nitrogens with one attached hydrogen (secondary N) is 1. The summed E-state index contributed by atoms with van der Waals surface area (Å²) < 4.78 is 43.0. The first-order valence-electron chi connectivity index (χ1n) is 12.8. The monoisotopic (exact) mass is 606 g/mol. The van der Waals surface area contributed by atoms with Crippen LogP contribution in [0.5, 0.6) is 28.7 Å². The first kappa shape index (κ1) is 29.3. The summed E-state index contributed by atoms with van der Waals surface area (Å²) >= 11 is 1.15. The summed E-state index contributed by atoms with van der Waals surface area (Å²) in [6, 6.07) is 14.5. The smallest absolute Gasteiger partial charge is 0.264 e. The van der Waals surface area contributed by atoms with Crippen molar-refractivity contribution >= 4 is 38.5 Å². The molecule has 0 aliphatic carbocycles. The lowest BCUT2D eigenvalue weighted by Crippen LogP contribution is -2.20. The average Bonchev–Trinajstić information content (AvgIpc) is 3.63. The molecule has 13 heteroatoms. The number of nitrogens with zero attached hydrogens (tertiary/aromatic N) is 3. The van der Waals surface area contributed by atoms with Gasteiger partial charge in [-0.3, -0.25) is 14.9 Å². The van der Waals surface area contributed by atoms with Crippen molar-refractivity contribution in [3.8, 4) is 51.3 Å². The number of carbonyl (C=O) groups excluding carboxylic acids is 2. The van der Waals surface area contributed by atoms with Crippen LogP contribution in [-0.2, 0) is 4.79 Å². The maximum atomic E-state index is 13.5. The number of hydrogen-bond acceptors (Lipinski definition) is 10. The van der Waals surface area contributed by atoms with Crippen molar-refractivity contribution in [1.29, 1.82) is 0 Å². The Labute approximate surface area is 249 Å². The molecule has 0 aliphatic heterocycles. The number of amides is 1. The average molecular weight is 607 g/mol. The van der Waals surface area contributed by atoms with Gasteiger partial charge in [0.15, 0.2) is 34.7 Å². The minimum absolute atomic E-state index is 0.271. The Kier molecular flexibility index (Phi) is 8.44. The van der Waals surface area contributed by atoms with Gasteiger partial charge >= 0.3 is 0 Å². The highest BCUT2D eigenvalue weighted by atomic mass is 32.1. The highest BCUT2D eigenvalue weighted by Gasteiger charge is 2.20. The van der Waals surface area contributed by atoms with E-state index in [1.807, 2.05) is 0 Å². The molecular weight excluding hydrogens is 579 g/mol. The van der Waals surface area contributed by atoms with Gasteiger partial charge in [-0.05, 0) is 54.6 Å². The van der Waals surface area contributed by atoms with Gasteiger partial charge in [0.25, 0.3) is 5.91 Å². The maximum Gasteiger partial charge on any atom is 0.264 e. The van der Waals surface area contributed by atoms with E-state index in [4.69, 9.17) is 23.7 Å². The number of methoxy groups -OCH3 is 4. The molecule has 5 rings (SSSR count). The summed E-state index contributed by atoms with van der Waals surface area (Å²) in [6.45, 7) is 1.05. The molecular formula is C30H27FN4O7S. The van der Waals surface area contributed by atoms with Crippen molar-refractivity contribution in [2.24, 2.45) is 0 Å². The fourth-order valence-corrected chi connectivity index (χ4v) is 5.30. The molecule has 5 aromatic rings. The third-order valence-corrected chi connectivity index (χ3v) is 7.32. The Morgan fingerprint density at radius 1 is 0.860 bits per heavy atom. The van der Waals surface area contributed by atoms with Crippen LogP contribution in [0, 0.1) is 5.82 Å². The zero-order chi connectivity index (χ0) is 30.7. The normalized spacial score (nSPS) is 10.8. The minimum atomic E-state index is -0.467. The van der Waals surface area contributed by atoms with E-state index >= 15 is 0 Å². The number of aromatic nitrogens is 3. The summed E-state index contributed by atoms with van der Waals surface area (Å²) in [7, 11) is 6.02. The Morgan fingerprint density at radius 2 is 1.56 bits per heavy atom. The van der Waals surface area contributed by atoms with E-state index in [2.05, 4.69) is 15.4 Å². The van der Waals surface area contributed by atoms with Crippen molar-refractivity contribution in [3.05, 3.63) is 60.4 Å². The molecule has 0 radical (unpaired) electrons. The Hall–Kier alpha value is -5.17. The van der Waals surface area contributed by atoms with Crippen LogP contribution in [0.4, 0.5) is 9.52 Å². The SMILES string of the molecule is COc1ccc(-c2cc(-c3cc(OC)c(OC)c(OC)c3)nn2C(C)=O)cc1OCC(=O)Nc1nc2ccc(F)cc2s1. The topological polar surface area (TPSA) is 123 Å². The molecule has 0 fully saturated rings. The van der Waals surface area contributed by atoms with Gasteiger partial charge in [-0.1, -0.05) is 11.3 Å². The van der Waals surface area contributed by atoms with Crippen LogP contribution in [0.3, 0.4) is 0 Å². The maximum absolute atomic E-state index is 13.5. The van der Waals surface area contributed by atoms with Crippen molar-refractivity contribution in [2.45, 2.75) is 6.92 Å². The molecule has 11 nitrogen and oxygen atoms in total. The molecule has 0 bridgehead atoms. The summed E-state index contributed by atoms with van der Waals surface area (Å²) in [6.07, 6.45) is 0. The first-order chi connectivity index (χ1) is 20.7. The van der Waals surface area contributed by atoms with E-state index in [1.54, 1.807) is 42.5 Å². The second-order valence-corrected chi connectivity index (χ2v) is 10.1. The van der Waals surface area contributed by atoms with Crippen LogP contribution in [0.25, 0.3) is 32.7 Å². The number of anilines is 1. The Morgan fingerprint density at radius 3 is 2.21 bits per heavy atom. The molecule has 222 valence electrons. The van der Waals surface area contributed by atoms with E-state index in [-0.39, 0.29) is 24.1 Å². The number of thiazole rings is 1. The van der Waals surface area contributed by atoms with Gasteiger partial charge in [-0.25, -0.2) is 9.37 Å². The van der Waals surface area contributed by atoms with Crippen LogP contribution in [0.15, 0.2) is 54.6 Å². The zero-order valence-corrected chi connectivity index (χ0v) is 24.7. The van der Waals surface area contributed by atoms with E-state index in [9.17, 15) is 14.0 Å². The van der Waals surface area contributed by atoms with Crippen LogP contribution >= 0.6 is 11.3 Å².